The minimum absolute atomic E-state index is 0.0263. The molecule has 5 heterocycles. The van der Waals surface area contributed by atoms with E-state index in [1.807, 2.05) is 25.1 Å². The number of anilines is 4. The largest absolute Gasteiger partial charge is 0.494 e. The highest BCUT2D eigenvalue weighted by Gasteiger charge is 2.44. The molecule has 1 aromatic carbocycles. The topological polar surface area (TPSA) is 128 Å². The molecule has 0 radical (unpaired) electrons. The molecule has 0 amide bonds. The summed E-state index contributed by atoms with van der Waals surface area (Å²) in [5.74, 6) is 1.78. The van der Waals surface area contributed by atoms with Crippen LogP contribution in [0.3, 0.4) is 0 Å². The molecular formula is C28H31N7O3. The zero-order chi connectivity index (χ0) is 26.3. The predicted octanol–water partition coefficient (Wildman–Crippen LogP) is 3.45. The van der Waals surface area contributed by atoms with E-state index in [-0.39, 0.29) is 6.61 Å². The first kappa shape index (κ1) is 24.4. The van der Waals surface area contributed by atoms with Gasteiger partial charge in [-0.05, 0) is 31.0 Å². The molecule has 1 atom stereocenters. The fourth-order valence-corrected chi connectivity index (χ4v) is 5.66. The molecular weight excluding hydrogens is 482 g/mol. The van der Waals surface area contributed by atoms with Crippen molar-refractivity contribution in [1.82, 2.24) is 15.0 Å². The summed E-state index contributed by atoms with van der Waals surface area (Å²) in [7, 11) is 1.62. The van der Waals surface area contributed by atoms with E-state index in [1.54, 1.807) is 25.6 Å². The molecule has 3 N–H and O–H groups in total. The lowest BCUT2D eigenvalue weighted by molar-refractivity contribution is -0.000216. The van der Waals surface area contributed by atoms with Crippen molar-refractivity contribution in [3.8, 4) is 23.1 Å². The summed E-state index contributed by atoms with van der Waals surface area (Å²) in [6.07, 6.45) is 5.57. The second-order valence-corrected chi connectivity index (χ2v) is 10.7. The number of pyridine rings is 1. The molecule has 10 heteroatoms. The SMILES string of the molecule is COc1cc(N2CC3(CCOCC3)C2)c(C#N)cc1Nc1nccc(-c2cnc3c(c2)C(C)(CO)CN3)n1. The predicted molar refractivity (Wildman–Crippen MR) is 144 cm³/mol. The lowest BCUT2D eigenvalue weighted by Gasteiger charge is -2.53. The summed E-state index contributed by atoms with van der Waals surface area (Å²) in [5, 5.41) is 26.4. The minimum atomic E-state index is -0.393. The van der Waals surface area contributed by atoms with Crippen molar-refractivity contribution in [2.75, 3.05) is 62.1 Å². The van der Waals surface area contributed by atoms with Gasteiger partial charge in [0.15, 0.2) is 0 Å². The Morgan fingerprint density at radius 1 is 1.24 bits per heavy atom. The molecule has 1 unspecified atom stereocenters. The van der Waals surface area contributed by atoms with Crippen molar-refractivity contribution in [3.05, 3.63) is 47.8 Å². The second-order valence-electron chi connectivity index (χ2n) is 10.7. The number of aromatic nitrogens is 3. The fourth-order valence-electron chi connectivity index (χ4n) is 5.66. The number of aliphatic hydroxyl groups excluding tert-OH is 1. The third-order valence-corrected chi connectivity index (χ3v) is 8.12. The van der Waals surface area contributed by atoms with Crippen LogP contribution >= 0.6 is 0 Å². The highest BCUT2D eigenvalue weighted by atomic mass is 16.5. The van der Waals surface area contributed by atoms with E-state index in [4.69, 9.17) is 14.5 Å². The number of hydrogen-bond acceptors (Lipinski definition) is 10. The summed E-state index contributed by atoms with van der Waals surface area (Å²) in [4.78, 5) is 15.9. The molecule has 3 aliphatic heterocycles. The normalized spacial score (nSPS) is 21.3. The number of nitriles is 1. The quantitative estimate of drug-likeness (QED) is 0.451. The summed E-state index contributed by atoms with van der Waals surface area (Å²) >= 11 is 0. The maximum atomic E-state index is 9.95. The van der Waals surface area contributed by atoms with Gasteiger partial charge in [-0.2, -0.15) is 5.26 Å². The number of nitrogens with zero attached hydrogens (tertiary/aromatic N) is 5. The molecule has 3 aromatic rings. The van der Waals surface area contributed by atoms with Crippen LogP contribution in [-0.2, 0) is 10.2 Å². The highest BCUT2D eigenvalue weighted by Crippen LogP contribution is 2.45. The minimum Gasteiger partial charge on any atom is -0.494 e. The van der Waals surface area contributed by atoms with Crippen molar-refractivity contribution >= 4 is 23.1 Å². The van der Waals surface area contributed by atoms with Gasteiger partial charge in [0.25, 0.3) is 0 Å². The first-order valence-electron chi connectivity index (χ1n) is 12.9. The first-order valence-corrected chi connectivity index (χ1v) is 12.9. The Bertz CT molecular complexity index is 1410. The van der Waals surface area contributed by atoms with Crippen LogP contribution in [0, 0.1) is 16.7 Å². The molecule has 10 nitrogen and oxygen atoms in total. The van der Waals surface area contributed by atoms with Crippen molar-refractivity contribution in [1.29, 1.82) is 5.26 Å². The Hall–Kier alpha value is -3.94. The summed E-state index contributed by atoms with van der Waals surface area (Å²) in [5.41, 5.74) is 4.47. The summed E-state index contributed by atoms with van der Waals surface area (Å²) in [6.45, 7) is 6.13. The number of benzene rings is 1. The fraction of sp³-hybridized carbons (Fsp3) is 0.429. The Morgan fingerprint density at radius 2 is 2.05 bits per heavy atom. The van der Waals surface area contributed by atoms with E-state index in [1.165, 1.54) is 0 Å². The molecule has 0 saturated carbocycles. The number of aliphatic hydroxyl groups is 1. The van der Waals surface area contributed by atoms with Crippen molar-refractivity contribution in [2.45, 2.75) is 25.2 Å². The maximum absolute atomic E-state index is 9.95. The number of fused-ring (bicyclic) bond motifs is 1. The van der Waals surface area contributed by atoms with Crippen LogP contribution < -0.4 is 20.3 Å². The summed E-state index contributed by atoms with van der Waals surface area (Å²) in [6, 6.07) is 9.91. The van der Waals surface area contributed by atoms with E-state index in [0.29, 0.717) is 40.6 Å². The standard InChI is InChI=1S/C28H31N7O3/c1-27(17-36)14-32-25-20(27)9-19(13-31-25)21-3-6-30-26(33-21)34-22-10-18(12-29)23(11-24(22)37-2)35-15-28(16-35)4-7-38-8-5-28/h3,6,9-11,13,36H,4-5,7-8,14-17H2,1-2H3,(H,31,32)(H,30,33,34). The molecule has 0 aliphatic carbocycles. The average molecular weight is 514 g/mol. The number of hydrogen-bond donors (Lipinski definition) is 3. The molecule has 2 saturated heterocycles. The maximum Gasteiger partial charge on any atom is 0.227 e. The highest BCUT2D eigenvalue weighted by molar-refractivity contribution is 5.75. The van der Waals surface area contributed by atoms with Gasteiger partial charge in [-0.3, -0.25) is 0 Å². The van der Waals surface area contributed by atoms with E-state index in [2.05, 4.69) is 31.6 Å². The average Bonchev–Trinajstić information content (AvgIpc) is 3.28. The van der Waals surface area contributed by atoms with Gasteiger partial charge in [-0.1, -0.05) is 6.92 Å². The lowest BCUT2D eigenvalue weighted by atomic mass is 9.73. The van der Waals surface area contributed by atoms with Gasteiger partial charge in [-0.15, -0.1) is 0 Å². The Labute approximate surface area is 221 Å². The number of nitrogens with one attached hydrogen (secondary N) is 2. The Morgan fingerprint density at radius 3 is 2.79 bits per heavy atom. The monoisotopic (exact) mass is 513 g/mol. The zero-order valence-corrected chi connectivity index (χ0v) is 21.6. The smallest absolute Gasteiger partial charge is 0.227 e. The Kier molecular flexibility index (Phi) is 6.05. The zero-order valence-electron chi connectivity index (χ0n) is 21.6. The van der Waals surface area contributed by atoms with Crippen molar-refractivity contribution in [2.24, 2.45) is 5.41 Å². The van der Waals surface area contributed by atoms with Gasteiger partial charge < -0.3 is 30.1 Å². The van der Waals surface area contributed by atoms with Gasteiger partial charge in [0.2, 0.25) is 5.95 Å². The van der Waals surface area contributed by atoms with Crippen LogP contribution in [0.4, 0.5) is 23.1 Å². The molecule has 6 rings (SSSR count). The van der Waals surface area contributed by atoms with Crippen LogP contribution in [0.2, 0.25) is 0 Å². The first-order chi connectivity index (χ1) is 18.5. The molecule has 38 heavy (non-hydrogen) atoms. The van der Waals surface area contributed by atoms with E-state index < -0.39 is 5.41 Å². The third kappa shape index (κ3) is 4.18. The van der Waals surface area contributed by atoms with Crippen LogP contribution in [0.15, 0.2) is 36.7 Å². The third-order valence-electron chi connectivity index (χ3n) is 8.12. The van der Waals surface area contributed by atoms with Crippen molar-refractivity contribution in [3.63, 3.8) is 0 Å². The van der Waals surface area contributed by atoms with Gasteiger partial charge in [0.05, 0.1) is 36.3 Å². The number of methoxy groups -OCH3 is 1. The van der Waals surface area contributed by atoms with Crippen LogP contribution in [0.5, 0.6) is 5.75 Å². The van der Waals surface area contributed by atoms with Crippen molar-refractivity contribution < 1.29 is 14.6 Å². The van der Waals surface area contributed by atoms with Crippen LogP contribution in [0.1, 0.15) is 30.9 Å². The summed E-state index contributed by atoms with van der Waals surface area (Å²) < 4.78 is 11.2. The molecule has 1 spiro atoms. The van der Waals surface area contributed by atoms with Crippen LogP contribution in [0.25, 0.3) is 11.3 Å². The molecule has 2 aromatic heterocycles. The molecule has 2 fully saturated rings. The van der Waals surface area contributed by atoms with E-state index in [9.17, 15) is 10.4 Å². The van der Waals surface area contributed by atoms with Gasteiger partial charge in [-0.25, -0.2) is 15.0 Å². The van der Waals surface area contributed by atoms with E-state index in [0.717, 1.165) is 61.8 Å². The van der Waals surface area contributed by atoms with Gasteiger partial charge in [0.1, 0.15) is 17.6 Å². The van der Waals surface area contributed by atoms with E-state index >= 15 is 0 Å². The Balaban J connectivity index is 1.26. The van der Waals surface area contributed by atoms with Gasteiger partial charge in [0, 0.05) is 73.3 Å². The second kappa shape index (κ2) is 9.42. The number of rotatable bonds is 6. The van der Waals surface area contributed by atoms with Crippen LogP contribution in [-0.4, -0.2) is 66.6 Å². The molecule has 0 bridgehead atoms. The molecule has 196 valence electrons. The van der Waals surface area contributed by atoms with Gasteiger partial charge >= 0.3 is 0 Å². The number of ether oxygens (including phenoxy) is 2. The lowest BCUT2D eigenvalue weighted by Crippen LogP contribution is -2.58. The molecule has 3 aliphatic rings.